The minimum Gasteiger partial charge on any atom is -0.331 e. The Hall–Kier alpha value is -1.09. The molecule has 0 spiro atoms. The first-order valence-electron chi connectivity index (χ1n) is 6.99. The van der Waals surface area contributed by atoms with Gasteiger partial charge in [0, 0.05) is 6.54 Å². The molecule has 3 heteroatoms. The first-order chi connectivity index (χ1) is 8.81. The molecule has 0 amide bonds. The molecule has 0 aliphatic heterocycles. The van der Waals surface area contributed by atoms with Crippen LogP contribution in [0.3, 0.4) is 0 Å². The van der Waals surface area contributed by atoms with Crippen LogP contribution in [0.25, 0.3) is 11.0 Å². The maximum Gasteiger partial charge on any atom is 0.178 e. The molecule has 4 rings (SSSR count). The quantitative estimate of drug-likeness (QED) is 0.803. The van der Waals surface area contributed by atoms with Crippen molar-refractivity contribution in [3.63, 3.8) is 0 Å². The van der Waals surface area contributed by atoms with Crippen molar-refractivity contribution < 1.29 is 0 Å². The molecule has 3 unspecified atom stereocenters. The van der Waals surface area contributed by atoms with Crippen LogP contribution in [-0.2, 0) is 6.54 Å². The molecule has 94 valence electrons. The maximum absolute atomic E-state index is 5.48. The number of rotatable bonds is 2. The van der Waals surface area contributed by atoms with Crippen LogP contribution in [0, 0.1) is 22.5 Å². The van der Waals surface area contributed by atoms with Gasteiger partial charge in [0.05, 0.1) is 11.0 Å². The number of nitrogens with one attached hydrogen (secondary N) is 1. The van der Waals surface area contributed by atoms with Crippen LogP contribution in [0.5, 0.6) is 0 Å². The van der Waals surface area contributed by atoms with E-state index in [1.54, 1.807) is 0 Å². The van der Waals surface area contributed by atoms with Gasteiger partial charge in [-0.15, -0.1) is 0 Å². The van der Waals surface area contributed by atoms with Crippen molar-refractivity contribution in [2.24, 2.45) is 17.8 Å². The highest BCUT2D eigenvalue weighted by Crippen LogP contribution is 2.49. The molecule has 18 heavy (non-hydrogen) atoms. The highest BCUT2D eigenvalue weighted by Gasteiger charge is 2.39. The van der Waals surface area contributed by atoms with E-state index in [4.69, 9.17) is 12.2 Å². The number of aromatic amines is 1. The van der Waals surface area contributed by atoms with Gasteiger partial charge in [0.2, 0.25) is 0 Å². The molecule has 2 aliphatic carbocycles. The van der Waals surface area contributed by atoms with Crippen LogP contribution in [0.2, 0.25) is 0 Å². The number of aromatic nitrogens is 2. The SMILES string of the molecule is S=c1[nH]c2ccccc2n1CC1CC2CCC1C2. The van der Waals surface area contributed by atoms with E-state index in [9.17, 15) is 0 Å². The van der Waals surface area contributed by atoms with Gasteiger partial charge in [-0.3, -0.25) is 0 Å². The number of imidazole rings is 1. The van der Waals surface area contributed by atoms with E-state index in [-0.39, 0.29) is 0 Å². The lowest BCUT2D eigenvalue weighted by molar-refractivity contribution is 0.297. The van der Waals surface area contributed by atoms with Gasteiger partial charge in [-0.1, -0.05) is 18.6 Å². The standard InChI is InChI=1S/C15H18N2S/c18-15-16-13-3-1-2-4-14(13)17(15)9-12-8-10-5-6-11(12)7-10/h1-4,10-12H,5-9H2,(H,16,18). The molecular weight excluding hydrogens is 240 g/mol. The Balaban J connectivity index is 1.70. The third-order valence-electron chi connectivity index (χ3n) is 4.98. The summed E-state index contributed by atoms with van der Waals surface area (Å²) >= 11 is 5.48. The Morgan fingerprint density at radius 1 is 1.22 bits per heavy atom. The van der Waals surface area contributed by atoms with E-state index >= 15 is 0 Å². The number of para-hydroxylation sites is 2. The Kier molecular flexibility index (Phi) is 2.37. The molecule has 1 aromatic heterocycles. The topological polar surface area (TPSA) is 20.7 Å². The molecule has 0 saturated heterocycles. The van der Waals surface area contributed by atoms with E-state index in [1.165, 1.54) is 36.7 Å². The van der Waals surface area contributed by atoms with Gasteiger partial charge in [0.1, 0.15) is 0 Å². The van der Waals surface area contributed by atoms with E-state index in [0.29, 0.717) is 0 Å². The molecule has 2 fully saturated rings. The van der Waals surface area contributed by atoms with Gasteiger partial charge in [-0.2, -0.15) is 0 Å². The second-order valence-corrected chi connectivity index (χ2v) is 6.38. The Labute approximate surface area is 112 Å². The molecule has 1 heterocycles. The molecule has 0 radical (unpaired) electrons. The predicted octanol–water partition coefficient (Wildman–Crippen LogP) is 4.14. The Morgan fingerprint density at radius 2 is 2.11 bits per heavy atom. The van der Waals surface area contributed by atoms with Crippen molar-refractivity contribution in [2.75, 3.05) is 0 Å². The Bertz CT molecular complexity index is 639. The van der Waals surface area contributed by atoms with Gasteiger partial charge in [-0.25, -0.2) is 0 Å². The molecule has 1 N–H and O–H groups in total. The average Bonchev–Trinajstić information content (AvgIpc) is 3.05. The maximum atomic E-state index is 5.48. The fraction of sp³-hybridized carbons (Fsp3) is 0.533. The minimum absolute atomic E-state index is 0.856. The predicted molar refractivity (Wildman–Crippen MR) is 76.1 cm³/mol. The van der Waals surface area contributed by atoms with E-state index in [0.717, 1.165) is 29.1 Å². The zero-order valence-electron chi connectivity index (χ0n) is 10.4. The van der Waals surface area contributed by atoms with Gasteiger partial charge in [0.15, 0.2) is 4.77 Å². The molecule has 2 aliphatic rings. The summed E-state index contributed by atoms with van der Waals surface area (Å²) in [6.07, 6.45) is 5.82. The van der Waals surface area contributed by atoms with Crippen LogP contribution in [0.1, 0.15) is 25.7 Å². The third kappa shape index (κ3) is 1.57. The smallest absolute Gasteiger partial charge is 0.178 e. The van der Waals surface area contributed by atoms with E-state index in [1.807, 2.05) is 0 Å². The zero-order chi connectivity index (χ0) is 12.1. The van der Waals surface area contributed by atoms with E-state index in [2.05, 4.69) is 33.8 Å². The van der Waals surface area contributed by atoms with Crippen molar-refractivity contribution in [2.45, 2.75) is 32.2 Å². The first-order valence-corrected chi connectivity index (χ1v) is 7.39. The van der Waals surface area contributed by atoms with Crippen LogP contribution in [-0.4, -0.2) is 9.55 Å². The second-order valence-electron chi connectivity index (χ2n) is 5.99. The normalized spacial score (nSPS) is 30.3. The molecular formula is C15H18N2S. The lowest BCUT2D eigenvalue weighted by Gasteiger charge is -2.22. The van der Waals surface area contributed by atoms with Crippen molar-refractivity contribution in [3.8, 4) is 0 Å². The number of H-pyrrole nitrogens is 1. The van der Waals surface area contributed by atoms with Crippen LogP contribution in [0.15, 0.2) is 24.3 Å². The number of nitrogens with zero attached hydrogens (tertiary/aromatic N) is 1. The molecule has 2 saturated carbocycles. The summed E-state index contributed by atoms with van der Waals surface area (Å²) in [6.45, 7) is 1.12. The molecule has 3 atom stereocenters. The van der Waals surface area contributed by atoms with Crippen molar-refractivity contribution >= 4 is 23.3 Å². The third-order valence-corrected chi connectivity index (χ3v) is 5.31. The fourth-order valence-corrected chi connectivity index (χ4v) is 4.41. The van der Waals surface area contributed by atoms with Crippen molar-refractivity contribution in [3.05, 3.63) is 29.0 Å². The summed E-state index contributed by atoms with van der Waals surface area (Å²) in [5, 5.41) is 0. The molecule has 2 aromatic rings. The second kappa shape index (κ2) is 3.95. The lowest BCUT2D eigenvalue weighted by Crippen LogP contribution is -2.17. The summed E-state index contributed by atoms with van der Waals surface area (Å²) in [6, 6.07) is 8.45. The largest absolute Gasteiger partial charge is 0.331 e. The summed E-state index contributed by atoms with van der Waals surface area (Å²) < 4.78 is 3.20. The van der Waals surface area contributed by atoms with Crippen LogP contribution in [0.4, 0.5) is 0 Å². The zero-order valence-corrected chi connectivity index (χ0v) is 11.2. The molecule has 2 nitrogen and oxygen atoms in total. The highest BCUT2D eigenvalue weighted by atomic mass is 32.1. The minimum atomic E-state index is 0.856. The molecule has 2 bridgehead atoms. The van der Waals surface area contributed by atoms with Crippen molar-refractivity contribution in [1.29, 1.82) is 0 Å². The first kappa shape index (κ1) is 10.8. The highest BCUT2D eigenvalue weighted by molar-refractivity contribution is 7.71. The average molecular weight is 258 g/mol. The summed E-state index contributed by atoms with van der Waals surface area (Å²) in [7, 11) is 0. The fourth-order valence-electron chi connectivity index (χ4n) is 4.12. The number of fused-ring (bicyclic) bond motifs is 3. The summed E-state index contributed by atoms with van der Waals surface area (Å²) in [5.74, 6) is 2.83. The summed E-state index contributed by atoms with van der Waals surface area (Å²) in [4.78, 5) is 3.32. The van der Waals surface area contributed by atoms with Crippen LogP contribution >= 0.6 is 12.2 Å². The number of benzene rings is 1. The van der Waals surface area contributed by atoms with Gasteiger partial charge < -0.3 is 9.55 Å². The van der Waals surface area contributed by atoms with Crippen LogP contribution < -0.4 is 0 Å². The number of hydrogen-bond acceptors (Lipinski definition) is 1. The van der Waals surface area contributed by atoms with Gasteiger partial charge in [0.25, 0.3) is 0 Å². The van der Waals surface area contributed by atoms with Crippen molar-refractivity contribution in [1.82, 2.24) is 9.55 Å². The van der Waals surface area contributed by atoms with Gasteiger partial charge in [-0.05, 0) is 61.4 Å². The summed E-state index contributed by atoms with van der Waals surface area (Å²) in [5.41, 5.74) is 2.44. The number of hydrogen-bond donors (Lipinski definition) is 1. The lowest BCUT2D eigenvalue weighted by atomic mass is 9.89. The van der Waals surface area contributed by atoms with Gasteiger partial charge >= 0.3 is 0 Å². The molecule has 1 aromatic carbocycles. The monoisotopic (exact) mass is 258 g/mol. The Morgan fingerprint density at radius 3 is 2.89 bits per heavy atom. The van der Waals surface area contributed by atoms with E-state index < -0.39 is 0 Å².